The molecule has 0 aliphatic carbocycles. The lowest BCUT2D eigenvalue weighted by molar-refractivity contribution is -0.141. The lowest BCUT2D eigenvalue weighted by Gasteiger charge is -2.40. The molecule has 3 N–H and O–H groups in total. The molecule has 3 heterocycles. The number of aryl methyl sites for hydroxylation is 2. The van der Waals surface area contributed by atoms with Gasteiger partial charge in [-0.15, -0.1) is 0 Å². The van der Waals surface area contributed by atoms with E-state index in [1.807, 2.05) is 31.2 Å². The van der Waals surface area contributed by atoms with Crippen molar-refractivity contribution in [1.29, 1.82) is 0 Å². The van der Waals surface area contributed by atoms with Crippen molar-refractivity contribution in [2.75, 3.05) is 44.8 Å². The fraction of sp³-hybridized carbons (Fsp3) is 0.571. The predicted molar refractivity (Wildman–Crippen MR) is 140 cm³/mol. The molecule has 2 aromatic rings. The molecule has 0 spiro atoms. The number of benzene rings is 1. The van der Waals surface area contributed by atoms with E-state index in [0.29, 0.717) is 31.1 Å². The molecular formula is C28H39N3O6. The number of likely N-dealkylation sites (tertiary alicyclic amines) is 1. The van der Waals surface area contributed by atoms with Crippen LogP contribution in [0, 0.1) is 12.3 Å². The highest BCUT2D eigenvalue weighted by molar-refractivity contribution is 5.81. The van der Waals surface area contributed by atoms with Crippen LogP contribution in [0.25, 0.3) is 0 Å². The third-order valence-corrected chi connectivity index (χ3v) is 8.03. The Morgan fingerprint density at radius 1 is 1.19 bits per heavy atom. The number of pyridine rings is 1. The summed E-state index contributed by atoms with van der Waals surface area (Å²) < 4.78 is 11.9. The van der Waals surface area contributed by atoms with Crippen LogP contribution < -0.4 is 14.4 Å². The standard InChI is InChI=1S/C28H39N3O6/c1-6-22-17(2)7-10-26(29-22)30-12-20(13-30)37-25-11-19(8-9-24(25)36-5)21-14-31(27(35)23(34)15-32)16-28(21,4)18(3)33/h7-11,18,20-21,23,32-34H,6,12-16H2,1-5H3/t18-,21+,23+,28+/m1/s1. The number of nitrogens with zero attached hydrogens (tertiary/aromatic N) is 3. The predicted octanol–water partition coefficient (Wildman–Crippen LogP) is 1.89. The van der Waals surface area contributed by atoms with Crippen LogP contribution in [0.15, 0.2) is 30.3 Å². The molecule has 1 aromatic heterocycles. The van der Waals surface area contributed by atoms with E-state index in [4.69, 9.17) is 14.5 Å². The first-order valence-corrected chi connectivity index (χ1v) is 12.9. The number of carbonyl (C=O) groups excluding carboxylic acids is 1. The zero-order valence-electron chi connectivity index (χ0n) is 22.3. The first-order valence-electron chi connectivity index (χ1n) is 12.9. The average molecular weight is 514 g/mol. The zero-order valence-corrected chi connectivity index (χ0v) is 22.3. The Balaban J connectivity index is 1.52. The lowest BCUT2D eigenvalue weighted by Crippen LogP contribution is -2.54. The van der Waals surface area contributed by atoms with Gasteiger partial charge in [0.1, 0.15) is 11.9 Å². The fourth-order valence-corrected chi connectivity index (χ4v) is 5.36. The van der Waals surface area contributed by atoms with Crippen molar-refractivity contribution in [2.24, 2.45) is 5.41 Å². The molecule has 37 heavy (non-hydrogen) atoms. The molecule has 2 saturated heterocycles. The number of aliphatic hydroxyl groups is 3. The SMILES string of the molecule is CCc1nc(N2CC(Oc3cc([C@@H]4CN(C(=O)[C@@H](O)CO)C[C@@]4(C)[C@@H](C)O)ccc3OC)C2)ccc1C. The lowest BCUT2D eigenvalue weighted by atomic mass is 9.72. The van der Waals surface area contributed by atoms with Crippen LogP contribution in [0.2, 0.25) is 0 Å². The van der Waals surface area contributed by atoms with E-state index in [1.165, 1.54) is 10.5 Å². The van der Waals surface area contributed by atoms with Crippen molar-refractivity contribution in [3.05, 3.63) is 47.2 Å². The second kappa shape index (κ2) is 10.8. The van der Waals surface area contributed by atoms with Crippen molar-refractivity contribution in [3.8, 4) is 11.5 Å². The van der Waals surface area contributed by atoms with E-state index < -0.39 is 30.1 Å². The van der Waals surface area contributed by atoms with Crippen molar-refractivity contribution in [3.63, 3.8) is 0 Å². The summed E-state index contributed by atoms with van der Waals surface area (Å²) in [6.45, 7) is 9.22. The molecule has 0 radical (unpaired) electrons. The van der Waals surface area contributed by atoms with E-state index in [-0.39, 0.29) is 18.6 Å². The van der Waals surface area contributed by atoms with Gasteiger partial charge in [-0.05, 0) is 49.6 Å². The summed E-state index contributed by atoms with van der Waals surface area (Å²) in [5, 5.41) is 29.8. The smallest absolute Gasteiger partial charge is 0.253 e. The number of aliphatic hydroxyl groups excluding tert-OH is 3. The highest BCUT2D eigenvalue weighted by atomic mass is 16.5. The van der Waals surface area contributed by atoms with Gasteiger partial charge < -0.3 is 34.6 Å². The summed E-state index contributed by atoms with van der Waals surface area (Å²) in [6, 6.07) is 9.87. The molecule has 2 aliphatic rings. The Morgan fingerprint density at radius 3 is 2.54 bits per heavy atom. The van der Waals surface area contributed by atoms with Crippen LogP contribution in [0.4, 0.5) is 5.82 Å². The Bertz CT molecular complexity index is 1120. The molecule has 2 aliphatic heterocycles. The largest absolute Gasteiger partial charge is 0.493 e. The Morgan fingerprint density at radius 2 is 1.92 bits per heavy atom. The van der Waals surface area contributed by atoms with E-state index >= 15 is 0 Å². The summed E-state index contributed by atoms with van der Waals surface area (Å²) in [4.78, 5) is 21.1. The van der Waals surface area contributed by atoms with Gasteiger partial charge in [0.2, 0.25) is 0 Å². The number of aromatic nitrogens is 1. The zero-order chi connectivity index (χ0) is 26.9. The quantitative estimate of drug-likeness (QED) is 0.466. The number of ether oxygens (including phenoxy) is 2. The number of carbonyl (C=O) groups is 1. The maximum Gasteiger partial charge on any atom is 0.253 e. The van der Waals surface area contributed by atoms with Crippen LogP contribution in [0.1, 0.15) is 43.5 Å². The van der Waals surface area contributed by atoms with Crippen LogP contribution in [-0.2, 0) is 11.2 Å². The summed E-state index contributed by atoms with van der Waals surface area (Å²) in [5.41, 5.74) is 2.58. The minimum atomic E-state index is -1.47. The topological polar surface area (TPSA) is 116 Å². The van der Waals surface area contributed by atoms with Gasteiger partial charge in [-0.3, -0.25) is 4.79 Å². The molecule has 4 rings (SSSR count). The van der Waals surface area contributed by atoms with Gasteiger partial charge in [0.15, 0.2) is 17.6 Å². The van der Waals surface area contributed by atoms with Gasteiger partial charge in [0, 0.05) is 30.1 Å². The van der Waals surface area contributed by atoms with Crippen molar-refractivity contribution in [1.82, 2.24) is 9.88 Å². The average Bonchev–Trinajstić information content (AvgIpc) is 3.24. The molecule has 1 aromatic carbocycles. The first-order chi connectivity index (χ1) is 17.6. The number of methoxy groups -OCH3 is 1. The van der Waals surface area contributed by atoms with Crippen LogP contribution in [-0.4, -0.2) is 89.3 Å². The minimum absolute atomic E-state index is 0.0261. The van der Waals surface area contributed by atoms with E-state index in [9.17, 15) is 20.1 Å². The van der Waals surface area contributed by atoms with Gasteiger partial charge in [-0.2, -0.15) is 0 Å². The molecule has 2 fully saturated rings. The van der Waals surface area contributed by atoms with Crippen LogP contribution in [0.5, 0.6) is 11.5 Å². The molecule has 0 unspecified atom stereocenters. The van der Waals surface area contributed by atoms with Gasteiger partial charge in [0.05, 0.1) is 32.9 Å². The summed E-state index contributed by atoms with van der Waals surface area (Å²) in [5.74, 6) is 1.45. The molecule has 1 amide bonds. The third kappa shape index (κ3) is 5.26. The fourth-order valence-electron chi connectivity index (χ4n) is 5.36. The normalized spacial score (nSPS) is 23.5. The van der Waals surface area contributed by atoms with E-state index in [2.05, 4.69) is 24.8 Å². The summed E-state index contributed by atoms with van der Waals surface area (Å²) in [7, 11) is 1.60. The summed E-state index contributed by atoms with van der Waals surface area (Å²) in [6.07, 6.45) is -1.30. The number of hydrogen-bond acceptors (Lipinski definition) is 8. The van der Waals surface area contributed by atoms with Crippen LogP contribution in [0.3, 0.4) is 0 Å². The Labute approximate surface area is 218 Å². The Kier molecular flexibility index (Phi) is 7.96. The molecule has 0 saturated carbocycles. The van der Waals surface area contributed by atoms with E-state index in [1.54, 1.807) is 14.0 Å². The molecule has 0 bridgehead atoms. The van der Waals surface area contributed by atoms with Gasteiger partial charge in [0.25, 0.3) is 5.91 Å². The van der Waals surface area contributed by atoms with Crippen molar-refractivity contribution >= 4 is 11.7 Å². The number of amides is 1. The molecular weight excluding hydrogens is 474 g/mol. The minimum Gasteiger partial charge on any atom is -0.493 e. The van der Waals surface area contributed by atoms with Gasteiger partial charge in [-0.25, -0.2) is 4.98 Å². The van der Waals surface area contributed by atoms with Crippen molar-refractivity contribution in [2.45, 2.75) is 58.3 Å². The second-order valence-corrected chi connectivity index (χ2v) is 10.5. The maximum absolute atomic E-state index is 12.6. The molecule has 9 nitrogen and oxygen atoms in total. The second-order valence-electron chi connectivity index (χ2n) is 10.5. The third-order valence-electron chi connectivity index (χ3n) is 8.03. The highest BCUT2D eigenvalue weighted by Gasteiger charge is 2.49. The van der Waals surface area contributed by atoms with Crippen molar-refractivity contribution < 1.29 is 29.6 Å². The highest BCUT2D eigenvalue weighted by Crippen LogP contribution is 2.47. The Hall–Kier alpha value is -2.88. The van der Waals surface area contributed by atoms with Gasteiger partial charge >= 0.3 is 0 Å². The monoisotopic (exact) mass is 513 g/mol. The molecule has 4 atom stereocenters. The van der Waals surface area contributed by atoms with Gasteiger partial charge in [-0.1, -0.05) is 26.0 Å². The number of rotatable bonds is 9. The molecule has 9 heteroatoms. The first kappa shape index (κ1) is 27.2. The maximum atomic E-state index is 12.6. The number of hydrogen-bond donors (Lipinski definition) is 3. The molecule has 202 valence electrons. The summed E-state index contributed by atoms with van der Waals surface area (Å²) >= 11 is 0. The number of anilines is 1. The van der Waals surface area contributed by atoms with Crippen LogP contribution >= 0.6 is 0 Å². The van der Waals surface area contributed by atoms with E-state index in [0.717, 1.165) is 23.5 Å².